The van der Waals surface area contributed by atoms with Crippen molar-refractivity contribution < 1.29 is 4.74 Å². The van der Waals surface area contributed by atoms with Gasteiger partial charge in [0.1, 0.15) is 0 Å². The Morgan fingerprint density at radius 1 is 1.25 bits per heavy atom. The molecule has 1 aliphatic rings. The fourth-order valence-corrected chi connectivity index (χ4v) is 3.11. The Morgan fingerprint density at radius 2 is 1.90 bits per heavy atom. The molecule has 1 N–H and O–H groups in total. The summed E-state index contributed by atoms with van der Waals surface area (Å²) in [5, 5.41) is 3.58. The summed E-state index contributed by atoms with van der Waals surface area (Å²) < 4.78 is 5.33. The van der Waals surface area contributed by atoms with Crippen molar-refractivity contribution >= 4 is 0 Å². The first-order chi connectivity index (χ1) is 9.62. The Hall–Kier alpha value is -0.120. The van der Waals surface area contributed by atoms with Crippen molar-refractivity contribution in [3.05, 3.63) is 0 Å². The molecular formula is C17H36N2O. The molecule has 1 unspecified atom stereocenters. The van der Waals surface area contributed by atoms with Gasteiger partial charge in [0.2, 0.25) is 0 Å². The van der Waals surface area contributed by atoms with Crippen molar-refractivity contribution in [2.45, 2.75) is 59.4 Å². The van der Waals surface area contributed by atoms with Crippen LogP contribution in [0.2, 0.25) is 0 Å². The minimum Gasteiger partial charge on any atom is -0.383 e. The summed E-state index contributed by atoms with van der Waals surface area (Å²) in [6.45, 7) is 14.6. The standard InChI is InChI=1S/C17H36N2O/c1-6-17(7-2,13-18-8-3)14-19(11-12-20-5)15(4)16-9-10-16/h15-16,18H,6-14H2,1-5H3. The predicted molar refractivity (Wildman–Crippen MR) is 87.2 cm³/mol. The molecule has 0 amide bonds. The third-order valence-electron chi connectivity index (χ3n) is 5.25. The van der Waals surface area contributed by atoms with Crippen LogP contribution in [0.3, 0.4) is 0 Å². The van der Waals surface area contributed by atoms with Crippen LogP contribution in [0.4, 0.5) is 0 Å². The van der Waals surface area contributed by atoms with E-state index in [9.17, 15) is 0 Å². The van der Waals surface area contributed by atoms with Gasteiger partial charge in [-0.2, -0.15) is 0 Å². The van der Waals surface area contributed by atoms with Gasteiger partial charge in [-0.05, 0) is 50.5 Å². The summed E-state index contributed by atoms with van der Waals surface area (Å²) in [6, 6.07) is 0.712. The second kappa shape index (κ2) is 9.01. The molecule has 1 aliphatic carbocycles. The molecule has 0 spiro atoms. The van der Waals surface area contributed by atoms with Crippen molar-refractivity contribution in [3.63, 3.8) is 0 Å². The summed E-state index contributed by atoms with van der Waals surface area (Å²) >= 11 is 0. The molecular weight excluding hydrogens is 248 g/mol. The van der Waals surface area contributed by atoms with Gasteiger partial charge in [0, 0.05) is 32.8 Å². The van der Waals surface area contributed by atoms with E-state index in [0.29, 0.717) is 11.5 Å². The molecule has 1 atom stereocenters. The zero-order valence-electron chi connectivity index (χ0n) is 14.4. The second-order valence-electron chi connectivity index (χ2n) is 6.53. The predicted octanol–water partition coefficient (Wildman–Crippen LogP) is 3.15. The Kier molecular flexibility index (Phi) is 8.08. The largest absolute Gasteiger partial charge is 0.383 e. The lowest BCUT2D eigenvalue weighted by molar-refractivity contribution is 0.0663. The van der Waals surface area contributed by atoms with E-state index in [-0.39, 0.29) is 0 Å². The van der Waals surface area contributed by atoms with Gasteiger partial charge in [-0.25, -0.2) is 0 Å². The van der Waals surface area contributed by atoms with Crippen molar-refractivity contribution in [3.8, 4) is 0 Å². The minimum atomic E-state index is 0.410. The van der Waals surface area contributed by atoms with E-state index < -0.39 is 0 Å². The summed E-state index contributed by atoms with van der Waals surface area (Å²) in [4.78, 5) is 2.69. The monoisotopic (exact) mass is 284 g/mol. The van der Waals surface area contributed by atoms with Gasteiger partial charge in [-0.1, -0.05) is 20.8 Å². The molecule has 1 rings (SSSR count). The van der Waals surface area contributed by atoms with E-state index >= 15 is 0 Å². The number of rotatable bonds is 12. The fourth-order valence-electron chi connectivity index (χ4n) is 3.11. The molecule has 0 aliphatic heterocycles. The Bertz CT molecular complexity index is 249. The molecule has 120 valence electrons. The Labute approximate surface area is 126 Å². The van der Waals surface area contributed by atoms with E-state index in [1.165, 1.54) is 32.2 Å². The molecule has 20 heavy (non-hydrogen) atoms. The number of nitrogens with zero attached hydrogens (tertiary/aromatic N) is 1. The highest BCUT2D eigenvalue weighted by molar-refractivity contribution is 4.90. The van der Waals surface area contributed by atoms with E-state index in [2.05, 4.69) is 37.9 Å². The average Bonchev–Trinajstić information content (AvgIpc) is 3.31. The quantitative estimate of drug-likeness (QED) is 0.596. The van der Waals surface area contributed by atoms with Gasteiger partial charge < -0.3 is 10.1 Å². The van der Waals surface area contributed by atoms with Crippen molar-refractivity contribution in [2.24, 2.45) is 11.3 Å². The highest BCUT2D eigenvalue weighted by Gasteiger charge is 2.36. The maximum absolute atomic E-state index is 5.33. The van der Waals surface area contributed by atoms with Gasteiger partial charge in [0.25, 0.3) is 0 Å². The van der Waals surface area contributed by atoms with Crippen LogP contribution in [-0.4, -0.2) is 50.8 Å². The van der Waals surface area contributed by atoms with Crippen molar-refractivity contribution in [1.82, 2.24) is 10.2 Å². The summed E-state index contributed by atoms with van der Waals surface area (Å²) in [5.41, 5.74) is 0.410. The molecule has 0 saturated heterocycles. The van der Waals surface area contributed by atoms with Crippen molar-refractivity contribution in [2.75, 3.05) is 39.9 Å². The molecule has 0 aromatic carbocycles. The van der Waals surface area contributed by atoms with Crippen LogP contribution in [0, 0.1) is 11.3 Å². The van der Waals surface area contributed by atoms with Crippen LogP contribution in [0.15, 0.2) is 0 Å². The number of ether oxygens (including phenoxy) is 1. The third kappa shape index (κ3) is 5.34. The first-order valence-corrected chi connectivity index (χ1v) is 8.56. The first-order valence-electron chi connectivity index (χ1n) is 8.56. The van der Waals surface area contributed by atoms with Gasteiger partial charge >= 0.3 is 0 Å². The topological polar surface area (TPSA) is 24.5 Å². The smallest absolute Gasteiger partial charge is 0.0589 e. The first kappa shape index (κ1) is 17.9. The SMILES string of the molecule is CCNCC(CC)(CC)CN(CCOC)C(C)C1CC1. The fraction of sp³-hybridized carbons (Fsp3) is 1.00. The van der Waals surface area contributed by atoms with E-state index in [1.807, 2.05) is 7.11 Å². The number of hydrogen-bond acceptors (Lipinski definition) is 3. The number of nitrogens with one attached hydrogen (secondary N) is 1. The molecule has 3 nitrogen and oxygen atoms in total. The van der Waals surface area contributed by atoms with E-state index in [1.54, 1.807) is 0 Å². The zero-order valence-corrected chi connectivity index (χ0v) is 14.4. The molecule has 0 radical (unpaired) electrons. The normalized spacial score (nSPS) is 17.7. The minimum absolute atomic E-state index is 0.410. The van der Waals surface area contributed by atoms with Crippen molar-refractivity contribution in [1.29, 1.82) is 0 Å². The molecule has 3 heteroatoms. The van der Waals surface area contributed by atoms with E-state index in [4.69, 9.17) is 4.74 Å². The number of methoxy groups -OCH3 is 1. The highest BCUT2D eigenvalue weighted by Crippen LogP contribution is 2.37. The Morgan fingerprint density at radius 3 is 2.35 bits per heavy atom. The summed E-state index contributed by atoms with van der Waals surface area (Å²) in [5.74, 6) is 0.928. The highest BCUT2D eigenvalue weighted by atomic mass is 16.5. The van der Waals surface area contributed by atoms with E-state index in [0.717, 1.165) is 32.2 Å². The van der Waals surface area contributed by atoms with Crippen LogP contribution in [0.25, 0.3) is 0 Å². The number of hydrogen-bond donors (Lipinski definition) is 1. The van der Waals surface area contributed by atoms with Crippen LogP contribution in [0.5, 0.6) is 0 Å². The molecule has 1 saturated carbocycles. The third-order valence-corrected chi connectivity index (χ3v) is 5.25. The zero-order chi connectivity index (χ0) is 15.0. The Balaban J connectivity index is 2.66. The lowest BCUT2D eigenvalue weighted by atomic mass is 9.81. The van der Waals surface area contributed by atoms with Gasteiger partial charge in [-0.15, -0.1) is 0 Å². The van der Waals surface area contributed by atoms with Crippen LogP contribution >= 0.6 is 0 Å². The molecule has 0 aromatic rings. The maximum Gasteiger partial charge on any atom is 0.0589 e. The van der Waals surface area contributed by atoms with Crippen LogP contribution < -0.4 is 5.32 Å². The van der Waals surface area contributed by atoms with Gasteiger partial charge in [0.05, 0.1) is 6.61 Å². The van der Waals surface area contributed by atoms with Crippen LogP contribution in [-0.2, 0) is 4.74 Å². The van der Waals surface area contributed by atoms with Gasteiger partial charge in [-0.3, -0.25) is 4.90 Å². The molecule has 0 bridgehead atoms. The van der Waals surface area contributed by atoms with Gasteiger partial charge in [0.15, 0.2) is 0 Å². The van der Waals surface area contributed by atoms with Crippen LogP contribution in [0.1, 0.15) is 53.4 Å². The summed E-state index contributed by atoms with van der Waals surface area (Å²) in [6.07, 6.45) is 5.33. The molecule has 0 aromatic heterocycles. The maximum atomic E-state index is 5.33. The average molecular weight is 284 g/mol. The molecule has 0 heterocycles. The second-order valence-corrected chi connectivity index (χ2v) is 6.53. The molecule has 1 fully saturated rings. The summed E-state index contributed by atoms with van der Waals surface area (Å²) in [7, 11) is 1.81. The lowest BCUT2D eigenvalue weighted by Gasteiger charge is -2.40. The lowest BCUT2D eigenvalue weighted by Crippen LogP contribution is -2.48.